The molecule has 0 aliphatic carbocycles. The molecule has 0 amide bonds. The van der Waals surface area contributed by atoms with Gasteiger partial charge in [0.15, 0.2) is 5.82 Å². The highest BCUT2D eigenvalue weighted by Crippen LogP contribution is 2.18. The Balaban J connectivity index is 2.00. The summed E-state index contributed by atoms with van der Waals surface area (Å²) in [6.07, 6.45) is -0.458. The van der Waals surface area contributed by atoms with Crippen molar-refractivity contribution in [3.63, 3.8) is 0 Å². The van der Waals surface area contributed by atoms with Crippen LogP contribution in [0.15, 0.2) is 24.3 Å². The summed E-state index contributed by atoms with van der Waals surface area (Å²) in [4.78, 5) is 0. The predicted octanol–water partition coefficient (Wildman–Crippen LogP) is 1.76. The fourth-order valence-electron chi connectivity index (χ4n) is 1.57. The van der Waals surface area contributed by atoms with E-state index in [1.54, 1.807) is 6.92 Å². The summed E-state index contributed by atoms with van der Waals surface area (Å²) in [5.74, 6) is 2.39. The van der Waals surface area contributed by atoms with E-state index in [1.807, 2.05) is 42.8 Å². The van der Waals surface area contributed by atoms with Crippen LogP contribution in [0, 0.1) is 6.92 Å². The Labute approximate surface area is 106 Å². The summed E-state index contributed by atoms with van der Waals surface area (Å²) in [5, 5.41) is 17.4. The van der Waals surface area contributed by atoms with Gasteiger partial charge in [-0.2, -0.15) is 0 Å². The highest BCUT2D eigenvalue weighted by Gasteiger charge is 2.06. The van der Waals surface area contributed by atoms with Crippen molar-refractivity contribution in [2.75, 3.05) is 0 Å². The molecule has 2 rings (SSSR count). The second-order valence-electron chi connectivity index (χ2n) is 4.26. The first-order valence-corrected chi connectivity index (χ1v) is 5.83. The van der Waals surface area contributed by atoms with Crippen LogP contribution in [-0.2, 0) is 13.7 Å². The second-order valence-corrected chi connectivity index (χ2v) is 4.26. The van der Waals surface area contributed by atoms with Crippen LogP contribution in [0.25, 0.3) is 0 Å². The quantitative estimate of drug-likeness (QED) is 0.894. The molecule has 1 heterocycles. The first-order valence-electron chi connectivity index (χ1n) is 5.83. The third kappa shape index (κ3) is 2.68. The molecule has 1 aromatic carbocycles. The van der Waals surface area contributed by atoms with Gasteiger partial charge in [0, 0.05) is 7.05 Å². The van der Waals surface area contributed by atoms with Gasteiger partial charge in [-0.15, -0.1) is 10.2 Å². The molecule has 1 N–H and O–H groups in total. The summed E-state index contributed by atoms with van der Waals surface area (Å²) in [7, 11) is 1.91. The van der Waals surface area contributed by atoms with Gasteiger partial charge in [0.05, 0.1) is 6.10 Å². The Kier molecular flexibility index (Phi) is 3.62. The van der Waals surface area contributed by atoms with Crippen LogP contribution in [0.1, 0.15) is 30.2 Å². The van der Waals surface area contributed by atoms with Gasteiger partial charge in [0.1, 0.15) is 18.2 Å². The smallest absolute Gasteiger partial charge is 0.170 e. The minimum absolute atomic E-state index is 0.380. The number of nitrogens with zero attached hydrogens (tertiary/aromatic N) is 3. The molecule has 96 valence electrons. The van der Waals surface area contributed by atoms with E-state index in [0.29, 0.717) is 6.61 Å². The number of aliphatic hydroxyl groups is 1. The Morgan fingerprint density at radius 3 is 2.44 bits per heavy atom. The number of hydrogen-bond donors (Lipinski definition) is 1. The zero-order valence-corrected chi connectivity index (χ0v) is 10.8. The minimum Gasteiger partial charge on any atom is -0.486 e. The van der Waals surface area contributed by atoms with Crippen LogP contribution in [0.5, 0.6) is 5.75 Å². The molecule has 0 radical (unpaired) electrons. The summed E-state index contributed by atoms with van der Waals surface area (Å²) < 4.78 is 7.51. The Hall–Kier alpha value is -1.88. The maximum atomic E-state index is 9.40. The molecule has 5 nitrogen and oxygen atoms in total. The van der Waals surface area contributed by atoms with E-state index in [9.17, 15) is 5.11 Å². The number of aliphatic hydroxyl groups excluding tert-OH is 1. The maximum absolute atomic E-state index is 9.40. The largest absolute Gasteiger partial charge is 0.486 e. The van der Waals surface area contributed by atoms with Crippen molar-refractivity contribution in [1.29, 1.82) is 0 Å². The zero-order valence-electron chi connectivity index (χ0n) is 10.8. The van der Waals surface area contributed by atoms with Crippen molar-refractivity contribution in [2.24, 2.45) is 7.05 Å². The monoisotopic (exact) mass is 247 g/mol. The van der Waals surface area contributed by atoms with E-state index in [1.165, 1.54) is 0 Å². The van der Waals surface area contributed by atoms with E-state index >= 15 is 0 Å². The minimum atomic E-state index is -0.458. The van der Waals surface area contributed by atoms with Crippen LogP contribution in [0.2, 0.25) is 0 Å². The lowest BCUT2D eigenvalue weighted by atomic mass is 10.1. The van der Waals surface area contributed by atoms with Gasteiger partial charge in [-0.3, -0.25) is 0 Å². The number of hydrogen-bond acceptors (Lipinski definition) is 4. The topological polar surface area (TPSA) is 60.2 Å². The van der Waals surface area contributed by atoms with Gasteiger partial charge < -0.3 is 14.4 Å². The van der Waals surface area contributed by atoms with Crippen molar-refractivity contribution in [2.45, 2.75) is 26.6 Å². The van der Waals surface area contributed by atoms with E-state index in [-0.39, 0.29) is 0 Å². The lowest BCUT2D eigenvalue weighted by Crippen LogP contribution is -2.04. The van der Waals surface area contributed by atoms with Crippen LogP contribution in [0.4, 0.5) is 0 Å². The molecular formula is C13H17N3O2. The van der Waals surface area contributed by atoms with Crippen LogP contribution in [0.3, 0.4) is 0 Å². The maximum Gasteiger partial charge on any atom is 0.170 e. The Morgan fingerprint density at radius 2 is 1.94 bits per heavy atom. The standard InChI is InChI=1S/C13H17N3O2/c1-9(17)11-4-6-12(7-5-11)18-8-13-15-14-10(2)16(13)3/h4-7,9,17H,8H2,1-3H3/t9-/m1/s1. The van der Waals surface area contributed by atoms with E-state index in [4.69, 9.17) is 4.74 Å². The van der Waals surface area contributed by atoms with Crippen molar-refractivity contribution < 1.29 is 9.84 Å². The number of benzene rings is 1. The molecule has 0 bridgehead atoms. The highest BCUT2D eigenvalue weighted by atomic mass is 16.5. The van der Waals surface area contributed by atoms with Crippen LogP contribution < -0.4 is 4.74 Å². The average Bonchev–Trinajstić information content (AvgIpc) is 2.68. The molecule has 0 unspecified atom stereocenters. The molecule has 1 atom stereocenters. The van der Waals surface area contributed by atoms with E-state index < -0.39 is 6.10 Å². The molecule has 0 aliphatic heterocycles. The molecule has 18 heavy (non-hydrogen) atoms. The van der Waals surface area contributed by atoms with Crippen molar-refractivity contribution in [3.05, 3.63) is 41.5 Å². The normalized spacial score (nSPS) is 12.4. The molecule has 0 aliphatic rings. The lowest BCUT2D eigenvalue weighted by Gasteiger charge is -2.08. The lowest BCUT2D eigenvalue weighted by molar-refractivity contribution is 0.199. The van der Waals surface area contributed by atoms with E-state index in [2.05, 4.69) is 10.2 Å². The van der Waals surface area contributed by atoms with Crippen molar-refractivity contribution in [3.8, 4) is 5.75 Å². The number of aryl methyl sites for hydroxylation is 1. The fraction of sp³-hybridized carbons (Fsp3) is 0.385. The average molecular weight is 247 g/mol. The van der Waals surface area contributed by atoms with Gasteiger partial charge in [-0.1, -0.05) is 12.1 Å². The number of ether oxygens (including phenoxy) is 1. The van der Waals surface area contributed by atoms with Gasteiger partial charge in [0.2, 0.25) is 0 Å². The summed E-state index contributed by atoms with van der Waals surface area (Å²) >= 11 is 0. The third-order valence-electron chi connectivity index (χ3n) is 2.91. The molecule has 0 spiro atoms. The third-order valence-corrected chi connectivity index (χ3v) is 2.91. The number of rotatable bonds is 4. The van der Waals surface area contributed by atoms with Crippen LogP contribution in [-0.4, -0.2) is 19.9 Å². The first-order chi connectivity index (χ1) is 8.58. The summed E-state index contributed by atoms with van der Waals surface area (Å²) in [6.45, 7) is 4.01. The molecular weight excluding hydrogens is 230 g/mol. The Morgan fingerprint density at radius 1 is 1.28 bits per heavy atom. The molecule has 0 fully saturated rings. The number of aromatic nitrogens is 3. The van der Waals surface area contributed by atoms with Gasteiger partial charge in [-0.05, 0) is 31.5 Å². The summed E-state index contributed by atoms with van der Waals surface area (Å²) in [5.41, 5.74) is 0.872. The van der Waals surface area contributed by atoms with E-state index in [0.717, 1.165) is 23.0 Å². The molecule has 0 saturated heterocycles. The SMILES string of the molecule is Cc1nnc(COc2ccc([C@@H](C)O)cc2)n1C. The molecule has 2 aromatic rings. The molecule has 1 aromatic heterocycles. The van der Waals surface area contributed by atoms with Crippen molar-refractivity contribution >= 4 is 0 Å². The van der Waals surface area contributed by atoms with Gasteiger partial charge in [0.25, 0.3) is 0 Å². The second kappa shape index (κ2) is 5.18. The highest BCUT2D eigenvalue weighted by molar-refractivity contribution is 5.28. The Bertz CT molecular complexity index is 518. The first kappa shape index (κ1) is 12.6. The summed E-state index contributed by atoms with van der Waals surface area (Å²) in [6, 6.07) is 7.38. The van der Waals surface area contributed by atoms with Gasteiger partial charge in [-0.25, -0.2) is 0 Å². The predicted molar refractivity (Wildman–Crippen MR) is 67.1 cm³/mol. The fourth-order valence-corrected chi connectivity index (χ4v) is 1.57. The molecule has 5 heteroatoms. The van der Waals surface area contributed by atoms with Gasteiger partial charge >= 0.3 is 0 Å². The van der Waals surface area contributed by atoms with Crippen LogP contribution >= 0.6 is 0 Å². The zero-order chi connectivity index (χ0) is 13.1. The molecule has 0 saturated carbocycles. The van der Waals surface area contributed by atoms with Crippen molar-refractivity contribution in [1.82, 2.24) is 14.8 Å².